The molecule has 0 N–H and O–H groups in total. The number of fused-ring (bicyclic) bond motifs is 1. The largest absolute Gasteiger partial charge is 0.294 e. The van der Waals surface area contributed by atoms with E-state index in [-0.39, 0.29) is 0 Å². The molecule has 20 heavy (non-hydrogen) atoms. The quantitative estimate of drug-likeness (QED) is 0.397. The molecule has 0 radical (unpaired) electrons. The molecule has 0 atom stereocenters. The van der Waals surface area contributed by atoms with Crippen molar-refractivity contribution in [2.75, 3.05) is 0 Å². The topological polar surface area (TPSA) is 17.8 Å². The van der Waals surface area contributed by atoms with Gasteiger partial charge in [-0.2, -0.15) is 0 Å². The fourth-order valence-corrected chi connectivity index (χ4v) is 3.16. The van der Waals surface area contributed by atoms with Crippen molar-refractivity contribution in [1.82, 2.24) is 9.55 Å². The number of imidazole rings is 1. The normalized spacial score (nSPS) is 11.2. The van der Waals surface area contributed by atoms with Gasteiger partial charge in [0.1, 0.15) is 5.82 Å². The maximum Gasteiger partial charge on any atom is 0.129 e. The summed E-state index contributed by atoms with van der Waals surface area (Å²) in [4.78, 5) is 4.52. The maximum atomic E-state index is 6.37. The molecule has 2 nitrogen and oxygen atoms in total. The highest BCUT2D eigenvalue weighted by molar-refractivity contribution is 9.10. The first kappa shape index (κ1) is 14.2. The van der Waals surface area contributed by atoms with Gasteiger partial charge >= 0.3 is 0 Å². The van der Waals surface area contributed by atoms with E-state index in [2.05, 4.69) is 20.9 Å². The van der Waals surface area contributed by atoms with Crippen molar-refractivity contribution in [2.24, 2.45) is 0 Å². The Balaban J connectivity index is 2.37. The van der Waals surface area contributed by atoms with Gasteiger partial charge in [0.2, 0.25) is 0 Å². The Hall–Kier alpha value is -0.740. The van der Waals surface area contributed by atoms with E-state index in [1.807, 2.05) is 41.0 Å². The SMILES string of the molecule is ClCc1nc2ccccc2n1-c1ccc(Br)c(Cl)c1Cl. The van der Waals surface area contributed by atoms with Gasteiger partial charge in [-0.25, -0.2) is 4.98 Å². The zero-order valence-electron chi connectivity index (χ0n) is 10.1. The van der Waals surface area contributed by atoms with E-state index in [0.717, 1.165) is 27.0 Å². The van der Waals surface area contributed by atoms with E-state index in [9.17, 15) is 0 Å². The van der Waals surface area contributed by atoms with Crippen molar-refractivity contribution in [1.29, 1.82) is 0 Å². The van der Waals surface area contributed by atoms with Gasteiger partial charge in [-0.05, 0) is 40.2 Å². The molecule has 2 aromatic carbocycles. The second kappa shape index (κ2) is 5.57. The summed E-state index contributed by atoms with van der Waals surface area (Å²) in [6.07, 6.45) is 0. The number of aromatic nitrogens is 2. The summed E-state index contributed by atoms with van der Waals surface area (Å²) in [7, 11) is 0. The molecule has 3 rings (SSSR count). The van der Waals surface area contributed by atoms with Crippen LogP contribution >= 0.6 is 50.7 Å². The number of nitrogens with zero attached hydrogens (tertiary/aromatic N) is 2. The van der Waals surface area contributed by atoms with Gasteiger partial charge < -0.3 is 0 Å². The van der Waals surface area contributed by atoms with Crippen LogP contribution in [0.2, 0.25) is 10.0 Å². The fraction of sp³-hybridized carbons (Fsp3) is 0.0714. The average molecular weight is 390 g/mol. The summed E-state index contributed by atoms with van der Waals surface area (Å²) in [6.45, 7) is 0. The molecule has 1 heterocycles. The standard InChI is InChI=1S/C14H8BrCl3N2/c15-8-5-6-11(14(18)13(8)17)20-10-4-2-1-3-9(10)19-12(20)7-16/h1-6H,7H2. The van der Waals surface area contributed by atoms with Crippen LogP contribution in [0.5, 0.6) is 0 Å². The average Bonchev–Trinajstić information content (AvgIpc) is 2.84. The molecule has 3 aromatic rings. The van der Waals surface area contributed by atoms with E-state index >= 15 is 0 Å². The summed E-state index contributed by atoms with van der Waals surface area (Å²) in [5.74, 6) is 1.02. The second-order valence-electron chi connectivity index (χ2n) is 4.18. The summed E-state index contributed by atoms with van der Waals surface area (Å²) in [5.41, 5.74) is 2.59. The number of rotatable bonds is 2. The van der Waals surface area contributed by atoms with Gasteiger partial charge in [0.15, 0.2) is 0 Å². The zero-order valence-corrected chi connectivity index (χ0v) is 13.9. The molecule has 0 saturated carbocycles. The van der Waals surface area contributed by atoms with Crippen LogP contribution in [0.25, 0.3) is 16.7 Å². The highest BCUT2D eigenvalue weighted by atomic mass is 79.9. The lowest BCUT2D eigenvalue weighted by molar-refractivity contribution is 0.982. The Bertz CT molecular complexity index is 798. The van der Waals surface area contributed by atoms with Crippen LogP contribution in [-0.4, -0.2) is 9.55 Å². The van der Waals surface area contributed by atoms with Crippen molar-refractivity contribution in [3.05, 3.63) is 56.7 Å². The molecule has 0 fully saturated rings. The Morgan fingerprint density at radius 3 is 2.55 bits per heavy atom. The highest BCUT2D eigenvalue weighted by Gasteiger charge is 2.16. The lowest BCUT2D eigenvalue weighted by Gasteiger charge is -2.11. The number of hydrogen-bond donors (Lipinski definition) is 0. The van der Waals surface area contributed by atoms with Crippen LogP contribution in [0.15, 0.2) is 40.9 Å². The second-order valence-corrected chi connectivity index (χ2v) is 6.06. The molecule has 0 spiro atoms. The van der Waals surface area contributed by atoms with Crippen LogP contribution in [0, 0.1) is 0 Å². The first-order valence-corrected chi connectivity index (χ1v) is 7.88. The van der Waals surface area contributed by atoms with Crippen LogP contribution in [0.4, 0.5) is 0 Å². The molecular formula is C14H8BrCl3N2. The molecule has 0 saturated heterocycles. The van der Waals surface area contributed by atoms with E-state index in [0.29, 0.717) is 15.9 Å². The molecule has 102 valence electrons. The van der Waals surface area contributed by atoms with Crippen LogP contribution in [0.1, 0.15) is 5.82 Å². The number of alkyl halides is 1. The summed E-state index contributed by atoms with van der Waals surface area (Å²) >= 11 is 21.9. The van der Waals surface area contributed by atoms with Crippen molar-refractivity contribution in [3.8, 4) is 5.69 Å². The van der Waals surface area contributed by atoms with Gasteiger partial charge in [0.05, 0.1) is 32.6 Å². The van der Waals surface area contributed by atoms with E-state index in [1.54, 1.807) is 0 Å². The van der Waals surface area contributed by atoms with Gasteiger partial charge in [0.25, 0.3) is 0 Å². The monoisotopic (exact) mass is 388 g/mol. The summed E-state index contributed by atoms with van der Waals surface area (Å²) in [6, 6.07) is 11.6. The Labute approximate surface area is 139 Å². The van der Waals surface area contributed by atoms with Crippen LogP contribution in [-0.2, 0) is 5.88 Å². The number of benzene rings is 2. The smallest absolute Gasteiger partial charge is 0.129 e. The first-order valence-electron chi connectivity index (χ1n) is 5.79. The van der Waals surface area contributed by atoms with Gasteiger partial charge in [-0.15, -0.1) is 11.6 Å². The van der Waals surface area contributed by atoms with Crippen molar-refractivity contribution in [3.63, 3.8) is 0 Å². The third-order valence-corrected chi connectivity index (χ3v) is 5.01. The number of para-hydroxylation sites is 2. The molecule has 0 bridgehead atoms. The summed E-state index contributed by atoms with van der Waals surface area (Å²) < 4.78 is 2.69. The molecule has 0 aliphatic carbocycles. The van der Waals surface area contributed by atoms with Crippen molar-refractivity contribution < 1.29 is 0 Å². The predicted octanol–water partition coefficient (Wildman–Crippen LogP) is 5.83. The van der Waals surface area contributed by atoms with Crippen molar-refractivity contribution in [2.45, 2.75) is 5.88 Å². The molecule has 6 heteroatoms. The van der Waals surface area contributed by atoms with E-state index in [4.69, 9.17) is 34.8 Å². The fourth-order valence-electron chi connectivity index (χ4n) is 2.12. The Kier molecular flexibility index (Phi) is 3.95. The molecule has 0 amide bonds. The Morgan fingerprint density at radius 1 is 1.05 bits per heavy atom. The summed E-state index contributed by atoms with van der Waals surface area (Å²) in [5, 5.41) is 0.943. The molecule has 1 aromatic heterocycles. The lowest BCUT2D eigenvalue weighted by atomic mass is 10.2. The predicted molar refractivity (Wildman–Crippen MR) is 88.3 cm³/mol. The zero-order chi connectivity index (χ0) is 14.3. The molecule has 0 aliphatic rings. The Morgan fingerprint density at radius 2 is 1.80 bits per heavy atom. The van der Waals surface area contributed by atoms with Crippen LogP contribution < -0.4 is 0 Å². The highest BCUT2D eigenvalue weighted by Crippen LogP contribution is 2.36. The van der Waals surface area contributed by atoms with Crippen LogP contribution in [0.3, 0.4) is 0 Å². The minimum atomic E-state index is 0.290. The van der Waals surface area contributed by atoms with Gasteiger partial charge in [-0.1, -0.05) is 35.3 Å². The third kappa shape index (κ3) is 2.23. The molecular weight excluding hydrogens is 382 g/mol. The third-order valence-electron chi connectivity index (χ3n) is 3.01. The first-order chi connectivity index (χ1) is 9.63. The van der Waals surface area contributed by atoms with Crippen molar-refractivity contribution >= 4 is 61.8 Å². The van der Waals surface area contributed by atoms with Gasteiger partial charge in [-0.3, -0.25) is 4.57 Å². The van der Waals surface area contributed by atoms with E-state index in [1.165, 1.54) is 0 Å². The molecule has 0 aliphatic heterocycles. The molecule has 0 unspecified atom stereocenters. The van der Waals surface area contributed by atoms with E-state index < -0.39 is 0 Å². The number of hydrogen-bond acceptors (Lipinski definition) is 1. The number of halogens is 4. The minimum absolute atomic E-state index is 0.290. The lowest BCUT2D eigenvalue weighted by Crippen LogP contribution is -2.00. The maximum absolute atomic E-state index is 6.37. The minimum Gasteiger partial charge on any atom is -0.294 e. The van der Waals surface area contributed by atoms with Gasteiger partial charge in [0, 0.05) is 4.47 Å².